The quantitative estimate of drug-likeness (QED) is 0.752. The molecule has 0 unspecified atom stereocenters. The lowest BCUT2D eigenvalue weighted by Crippen LogP contribution is -2.30. The number of ether oxygens (including phenoxy) is 1. The number of allylic oxidation sites excluding steroid dienone is 1. The topological polar surface area (TPSA) is 46.5 Å². The minimum absolute atomic E-state index is 0.220. The van der Waals surface area contributed by atoms with Gasteiger partial charge in [-0.3, -0.25) is 0 Å². The summed E-state index contributed by atoms with van der Waals surface area (Å²) in [5, 5.41) is 9.27. The summed E-state index contributed by atoms with van der Waals surface area (Å²) in [5.41, 5.74) is 0.923. The minimum atomic E-state index is -0.969. The van der Waals surface area contributed by atoms with Crippen LogP contribution in [0, 0.1) is 0 Å². The molecule has 0 heterocycles. The van der Waals surface area contributed by atoms with Gasteiger partial charge in [0.25, 0.3) is 0 Å². The molecule has 1 rings (SSSR count). The Morgan fingerprint density at radius 2 is 2.11 bits per heavy atom. The second-order valence-corrected chi connectivity index (χ2v) is 3.84. The van der Waals surface area contributed by atoms with E-state index in [0.29, 0.717) is 0 Å². The number of benzene rings is 1. The van der Waals surface area contributed by atoms with Gasteiger partial charge in [-0.25, -0.2) is 4.79 Å². The Labute approximate surface area is 107 Å². The highest BCUT2D eigenvalue weighted by Gasteiger charge is 2.27. The molecule has 0 aliphatic heterocycles. The molecule has 1 N–H and O–H groups in total. The molecule has 0 aliphatic rings. The number of aliphatic carboxylic acids is 1. The highest BCUT2D eigenvalue weighted by atomic mass is 16.5. The summed E-state index contributed by atoms with van der Waals surface area (Å²) in [6.45, 7) is 5.62. The molecule has 0 bridgehead atoms. The predicted octanol–water partition coefficient (Wildman–Crippen LogP) is 3.00. The van der Waals surface area contributed by atoms with E-state index in [1.54, 1.807) is 6.08 Å². The van der Waals surface area contributed by atoms with E-state index in [9.17, 15) is 9.90 Å². The Bertz CT molecular complexity index is 409. The molecule has 0 saturated heterocycles. The van der Waals surface area contributed by atoms with Gasteiger partial charge in [0.05, 0.1) is 6.61 Å². The Morgan fingerprint density at radius 3 is 2.61 bits per heavy atom. The van der Waals surface area contributed by atoms with Crippen LogP contribution in [0.25, 0.3) is 0 Å². The highest BCUT2D eigenvalue weighted by molar-refractivity contribution is 5.74. The second kappa shape index (κ2) is 7.45. The monoisotopic (exact) mass is 246 g/mol. The molecule has 3 nitrogen and oxygen atoms in total. The van der Waals surface area contributed by atoms with Crippen LogP contribution in [0.3, 0.4) is 0 Å². The van der Waals surface area contributed by atoms with Gasteiger partial charge in [0.1, 0.15) is 0 Å². The minimum Gasteiger partial charge on any atom is -0.479 e. The number of carbonyl (C=O) groups is 1. The Morgan fingerprint density at radius 1 is 1.44 bits per heavy atom. The van der Waals surface area contributed by atoms with Gasteiger partial charge >= 0.3 is 5.97 Å². The third-order valence-electron chi connectivity index (χ3n) is 2.55. The van der Waals surface area contributed by atoms with Crippen molar-refractivity contribution in [1.82, 2.24) is 0 Å². The summed E-state index contributed by atoms with van der Waals surface area (Å²) in [6, 6.07) is 9.48. The molecule has 0 amide bonds. The van der Waals surface area contributed by atoms with Crippen molar-refractivity contribution in [2.75, 3.05) is 6.61 Å². The van der Waals surface area contributed by atoms with Crippen molar-refractivity contribution in [2.45, 2.75) is 18.9 Å². The maximum atomic E-state index is 11.3. The lowest BCUT2D eigenvalue weighted by Gasteiger charge is -2.21. The first kappa shape index (κ1) is 14.2. The lowest BCUT2D eigenvalue weighted by molar-refractivity contribution is -0.150. The van der Waals surface area contributed by atoms with Crippen LogP contribution in [-0.4, -0.2) is 23.8 Å². The van der Waals surface area contributed by atoms with Crippen molar-refractivity contribution in [3.8, 4) is 0 Å². The van der Waals surface area contributed by atoms with Crippen molar-refractivity contribution in [3.63, 3.8) is 0 Å². The molecule has 1 aromatic rings. The van der Waals surface area contributed by atoms with Gasteiger partial charge in [-0.05, 0) is 12.5 Å². The number of hydrogen-bond acceptors (Lipinski definition) is 2. The van der Waals surface area contributed by atoms with Gasteiger partial charge in [-0.2, -0.15) is 0 Å². The van der Waals surface area contributed by atoms with Crippen LogP contribution in [0.15, 0.2) is 55.1 Å². The van der Waals surface area contributed by atoms with Gasteiger partial charge in [-0.1, -0.05) is 48.6 Å². The van der Waals surface area contributed by atoms with E-state index in [2.05, 4.69) is 6.58 Å². The molecular formula is C15H18O3. The van der Waals surface area contributed by atoms with Crippen molar-refractivity contribution in [1.29, 1.82) is 0 Å². The van der Waals surface area contributed by atoms with Gasteiger partial charge in [0, 0.05) is 5.92 Å². The van der Waals surface area contributed by atoms with Crippen molar-refractivity contribution < 1.29 is 14.6 Å². The number of carboxylic acid groups (broad SMARTS) is 1. The molecular weight excluding hydrogens is 228 g/mol. The molecule has 0 fully saturated rings. The van der Waals surface area contributed by atoms with Crippen molar-refractivity contribution in [2.24, 2.45) is 0 Å². The molecule has 18 heavy (non-hydrogen) atoms. The Kier molecular flexibility index (Phi) is 5.88. The fourth-order valence-corrected chi connectivity index (χ4v) is 1.77. The standard InChI is InChI=1S/C15H18O3/c1-3-8-13(12-9-6-5-7-10-12)14(15(16)17)18-11-4-2/h3-10,13-14H,2,11H2,1H3,(H,16,17)/b8-3+/t13-,14-/m0/s1. The van der Waals surface area contributed by atoms with Gasteiger partial charge in [-0.15, -0.1) is 6.58 Å². The average Bonchev–Trinajstić information content (AvgIpc) is 2.38. The summed E-state index contributed by atoms with van der Waals surface area (Å²) >= 11 is 0. The van der Waals surface area contributed by atoms with Crippen LogP contribution in [0.1, 0.15) is 18.4 Å². The molecule has 0 aliphatic carbocycles. The van der Waals surface area contributed by atoms with E-state index < -0.39 is 12.1 Å². The Hall–Kier alpha value is -1.87. The zero-order chi connectivity index (χ0) is 13.4. The maximum absolute atomic E-state index is 11.3. The molecule has 3 heteroatoms. The van der Waals surface area contributed by atoms with Gasteiger partial charge in [0.2, 0.25) is 0 Å². The second-order valence-electron chi connectivity index (χ2n) is 3.84. The van der Waals surface area contributed by atoms with E-state index in [1.807, 2.05) is 49.4 Å². The summed E-state index contributed by atoms with van der Waals surface area (Å²) < 4.78 is 5.35. The summed E-state index contributed by atoms with van der Waals surface area (Å²) in [4.78, 5) is 11.3. The van der Waals surface area contributed by atoms with E-state index >= 15 is 0 Å². The third-order valence-corrected chi connectivity index (χ3v) is 2.55. The lowest BCUT2D eigenvalue weighted by atomic mass is 9.93. The van der Waals surface area contributed by atoms with Crippen molar-refractivity contribution >= 4 is 5.97 Å². The van der Waals surface area contributed by atoms with Gasteiger partial charge < -0.3 is 9.84 Å². The zero-order valence-electron chi connectivity index (χ0n) is 10.5. The smallest absolute Gasteiger partial charge is 0.333 e. The van der Waals surface area contributed by atoms with E-state index in [0.717, 1.165) is 5.56 Å². The molecule has 2 atom stereocenters. The van der Waals surface area contributed by atoms with Crippen LogP contribution in [0.2, 0.25) is 0 Å². The Balaban J connectivity index is 3.00. The summed E-state index contributed by atoms with van der Waals surface area (Å²) in [6.07, 6.45) is 4.33. The predicted molar refractivity (Wildman–Crippen MR) is 71.6 cm³/mol. The SMILES string of the molecule is C=CCO[C@H](C(=O)O)[C@@H](/C=C/C)c1ccccc1. The summed E-state index contributed by atoms with van der Waals surface area (Å²) in [5.74, 6) is -1.27. The first-order valence-electron chi connectivity index (χ1n) is 5.83. The normalized spacial score (nSPS) is 14.3. The first-order chi connectivity index (χ1) is 8.70. The van der Waals surface area contributed by atoms with Crippen molar-refractivity contribution in [3.05, 3.63) is 60.7 Å². The molecule has 0 spiro atoms. The number of hydrogen-bond donors (Lipinski definition) is 1. The van der Waals surface area contributed by atoms with Gasteiger partial charge in [0.15, 0.2) is 6.10 Å². The number of rotatable bonds is 7. The molecule has 0 saturated carbocycles. The van der Waals surface area contributed by atoms with Crippen LogP contribution >= 0.6 is 0 Å². The maximum Gasteiger partial charge on any atom is 0.333 e. The number of carboxylic acids is 1. The van der Waals surface area contributed by atoms with E-state index in [1.165, 1.54) is 0 Å². The molecule has 0 radical (unpaired) electrons. The van der Waals surface area contributed by atoms with E-state index in [4.69, 9.17) is 4.74 Å². The molecule has 96 valence electrons. The molecule has 1 aromatic carbocycles. The fraction of sp³-hybridized carbons (Fsp3) is 0.267. The van der Waals surface area contributed by atoms with Crippen LogP contribution < -0.4 is 0 Å². The van der Waals surface area contributed by atoms with Crippen LogP contribution in [0.5, 0.6) is 0 Å². The third kappa shape index (κ3) is 3.86. The first-order valence-corrected chi connectivity index (χ1v) is 5.83. The molecule has 0 aromatic heterocycles. The van der Waals surface area contributed by atoms with Crippen LogP contribution in [-0.2, 0) is 9.53 Å². The zero-order valence-corrected chi connectivity index (χ0v) is 10.5. The average molecular weight is 246 g/mol. The largest absolute Gasteiger partial charge is 0.479 e. The highest BCUT2D eigenvalue weighted by Crippen LogP contribution is 2.24. The fourth-order valence-electron chi connectivity index (χ4n) is 1.77. The van der Waals surface area contributed by atoms with Crippen LogP contribution in [0.4, 0.5) is 0 Å². The summed E-state index contributed by atoms with van der Waals surface area (Å²) in [7, 11) is 0. The van der Waals surface area contributed by atoms with E-state index in [-0.39, 0.29) is 12.5 Å².